The van der Waals surface area contributed by atoms with E-state index < -0.39 is 17.3 Å². The maximum Gasteiger partial charge on any atom is 0.416 e. The second kappa shape index (κ2) is 10.7. The number of hydrogen-bond donors (Lipinski definition) is 0. The number of benzene rings is 4. The van der Waals surface area contributed by atoms with Crippen LogP contribution in [0.2, 0.25) is 0 Å². The van der Waals surface area contributed by atoms with Gasteiger partial charge in [-0.25, -0.2) is 4.98 Å². The fourth-order valence-electron chi connectivity index (χ4n) is 4.32. The average Bonchev–Trinajstić information content (AvgIpc) is 3.44. The van der Waals surface area contributed by atoms with E-state index in [1.807, 2.05) is 12.1 Å². The number of nitrogens with zero attached hydrogens (tertiary/aromatic N) is 3. The molecule has 0 fully saturated rings. The molecule has 0 unspecified atom stereocenters. The third kappa shape index (κ3) is 5.53. The van der Waals surface area contributed by atoms with Crippen molar-refractivity contribution in [3.8, 4) is 28.6 Å². The molecule has 206 valence electrons. The van der Waals surface area contributed by atoms with Crippen molar-refractivity contribution >= 4 is 33.0 Å². The molecule has 6 rings (SSSR count). The molecule has 0 amide bonds. The zero-order chi connectivity index (χ0) is 28.6. The van der Waals surface area contributed by atoms with Crippen LogP contribution in [0, 0.1) is 0 Å². The average molecular weight is 622 g/mol. The molecule has 0 saturated heterocycles. The van der Waals surface area contributed by atoms with E-state index in [1.165, 1.54) is 18.3 Å². The van der Waals surface area contributed by atoms with Crippen molar-refractivity contribution in [3.05, 3.63) is 116 Å². The van der Waals surface area contributed by atoms with Crippen molar-refractivity contribution in [3.63, 3.8) is 0 Å². The summed E-state index contributed by atoms with van der Waals surface area (Å²) in [6.45, 7) is 0.379. The standard InChI is InChI=1S/C30H19BrF3N3O4/c31-22-9-11-25(39-16-18-8-10-26-27(12-18)41-17-40-26)20(14-22)15-35-37-28(19-4-3-5-21(13-19)30(32,33)34)36-24-7-2-1-6-23(24)29(37)38/h1-15H,16-17H2. The number of alkyl halides is 3. The Morgan fingerprint density at radius 2 is 1.80 bits per heavy atom. The summed E-state index contributed by atoms with van der Waals surface area (Å²) in [6.07, 6.45) is -3.16. The first-order chi connectivity index (χ1) is 19.8. The third-order valence-corrected chi connectivity index (χ3v) is 6.81. The van der Waals surface area contributed by atoms with Gasteiger partial charge in [0.2, 0.25) is 6.79 Å². The summed E-state index contributed by atoms with van der Waals surface area (Å²) in [6, 6.07) is 22.0. The minimum Gasteiger partial charge on any atom is -0.488 e. The minimum absolute atomic E-state index is 0.0334. The smallest absolute Gasteiger partial charge is 0.416 e. The molecule has 0 atom stereocenters. The predicted octanol–water partition coefficient (Wildman–Crippen LogP) is 7.03. The summed E-state index contributed by atoms with van der Waals surface area (Å²) in [4.78, 5) is 18.0. The van der Waals surface area contributed by atoms with E-state index in [-0.39, 0.29) is 30.2 Å². The normalized spacial score (nSPS) is 12.8. The second-order valence-electron chi connectivity index (χ2n) is 9.05. The molecule has 0 N–H and O–H groups in total. The second-order valence-corrected chi connectivity index (χ2v) is 9.97. The molecule has 0 bridgehead atoms. The third-order valence-electron chi connectivity index (χ3n) is 6.32. The molecule has 0 spiro atoms. The van der Waals surface area contributed by atoms with Crippen LogP contribution in [0.3, 0.4) is 0 Å². The van der Waals surface area contributed by atoms with E-state index in [1.54, 1.807) is 48.5 Å². The summed E-state index contributed by atoms with van der Waals surface area (Å²) in [5.74, 6) is 1.73. The molecule has 0 radical (unpaired) electrons. The number of halogens is 4. The molecule has 5 aromatic rings. The lowest BCUT2D eigenvalue weighted by molar-refractivity contribution is -0.137. The maximum absolute atomic E-state index is 13.5. The Balaban J connectivity index is 1.39. The highest BCUT2D eigenvalue weighted by molar-refractivity contribution is 9.10. The Morgan fingerprint density at radius 3 is 2.66 bits per heavy atom. The minimum atomic E-state index is -4.57. The van der Waals surface area contributed by atoms with E-state index in [9.17, 15) is 18.0 Å². The lowest BCUT2D eigenvalue weighted by Gasteiger charge is -2.13. The maximum atomic E-state index is 13.5. The highest BCUT2D eigenvalue weighted by Gasteiger charge is 2.31. The van der Waals surface area contributed by atoms with E-state index >= 15 is 0 Å². The largest absolute Gasteiger partial charge is 0.488 e. The van der Waals surface area contributed by atoms with Gasteiger partial charge in [-0.15, -0.1) is 0 Å². The van der Waals surface area contributed by atoms with Crippen LogP contribution < -0.4 is 19.8 Å². The van der Waals surface area contributed by atoms with Gasteiger partial charge in [0.1, 0.15) is 12.4 Å². The first-order valence-electron chi connectivity index (χ1n) is 12.3. The first kappa shape index (κ1) is 26.6. The SMILES string of the molecule is O=c1c2ccccc2nc(-c2cccc(C(F)(F)F)c2)n1N=Cc1cc(Br)ccc1OCc1ccc2c(c1)OCO2. The van der Waals surface area contributed by atoms with E-state index in [0.29, 0.717) is 28.3 Å². The molecule has 41 heavy (non-hydrogen) atoms. The fraction of sp³-hybridized carbons (Fsp3) is 0.100. The lowest BCUT2D eigenvalue weighted by Crippen LogP contribution is -2.20. The molecule has 0 saturated carbocycles. The lowest BCUT2D eigenvalue weighted by atomic mass is 10.1. The van der Waals surface area contributed by atoms with E-state index in [0.717, 1.165) is 26.8 Å². The van der Waals surface area contributed by atoms with Crippen molar-refractivity contribution in [2.45, 2.75) is 12.8 Å². The summed E-state index contributed by atoms with van der Waals surface area (Å²) >= 11 is 3.44. The highest BCUT2D eigenvalue weighted by Crippen LogP contribution is 2.34. The Labute approximate surface area is 239 Å². The van der Waals surface area contributed by atoms with Gasteiger partial charge in [-0.2, -0.15) is 22.9 Å². The van der Waals surface area contributed by atoms with Crippen molar-refractivity contribution in [1.29, 1.82) is 0 Å². The number of hydrogen-bond acceptors (Lipinski definition) is 6. The van der Waals surface area contributed by atoms with Crippen molar-refractivity contribution in [2.24, 2.45) is 5.10 Å². The molecule has 11 heteroatoms. The predicted molar refractivity (Wildman–Crippen MR) is 150 cm³/mol. The monoisotopic (exact) mass is 621 g/mol. The van der Waals surface area contributed by atoms with Gasteiger partial charge in [0.25, 0.3) is 5.56 Å². The quantitative estimate of drug-likeness (QED) is 0.190. The van der Waals surface area contributed by atoms with Gasteiger partial charge in [-0.05, 0) is 60.2 Å². The van der Waals surface area contributed by atoms with Crippen molar-refractivity contribution < 1.29 is 27.4 Å². The number of rotatable bonds is 6. The van der Waals surface area contributed by atoms with Gasteiger partial charge in [0.05, 0.1) is 22.7 Å². The van der Waals surface area contributed by atoms with Crippen LogP contribution in [0.1, 0.15) is 16.7 Å². The molecule has 1 aliphatic rings. The van der Waals surface area contributed by atoms with E-state index in [4.69, 9.17) is 14.2 Å². The Morgan fingerprint density at radius 1 is 0.976 bits per heavy atom. The molecular weight excluding hydrogens is 603 g/mol. The van der Waals surface area contributed by atoms with Crippen LogP contribution in [0.15, 0.2) is 99.3 Å². The highest BCUT2D eigenvalue weighted by atomic mass is 79.9. The van der Waals surface area contributed by atoms with Gasteiger partial charge in [0, 0.05) is 15.6 Å². The molecule has 2 heterocycles. The summed E-state index contributed by atoms with van der Waals surface area (Å²) in [5, 5.41) is 4.67. The molecule has 1 aromatic heterocycles. The molecular formula is C30H19BrF3N3O4. The van der Waals surface area contributed by atoms with Gasteiger partial charge in [-0.1, -0.05) is 46.3 Å². The Kier molecular flexibility index (Phi) is 6.96. The number of para-hydroxylation sites is 1. The Bertz CT molecular complexity index is 1870. The molecule has 7 nitrogen and oxygen atoms in total. The Hall–Kier alpha value is -4.64. The summed E-state index contributed by atoms with van der Waals surface area (Å²) in [7, 11) is 0. The summed E-state index contributed by atoms with van der Waals surface area (Å²) in [5.41, 5.74) is 0.410. The van der Waals surface area contributed by atoms with Gasteiger partial charge >= 0.3 is 6.18 Å². The number of fused-ring (bicyclic) bond motifs is 2. The van der Waals surface area contributed by atoms with Gasteiger partial charge in [0.15, 0.2) is 17.3 Å². The molecule has 4 aromatic carbocycles. The summed E-state index contributed by atoms with van der Waals surface area (Å²) < 4.78 is 59.0. The molecule has 1 aliphatic heterocycles. The van der Waals surface area contributed by atoms with Crippen LogP contribution in [0.5, 0.6) is 17.2 Å². The van der Waals surface area contributed by atoms with Crippen LogP contribution in [-0.2, 0) is 12.8 Å². The van der Waals surface area contributed by atoms with Crippen LogP contribution in [-0.4, -0.2) is 22.7 Å². The van der Waals surface area contributed by atoms with Crippen LogP contribution in [0.25, 0.3) is 22.3 Å². The van der Waals surface area contributed by atoms with Gasteiger partial charge in [-0.3, -0.25) is 4.79 Å². The zero-order valence-corrected chi connectivity index (χ0v) is 22.6. The first-order valence-corrected chi connectivity index (χ1v) is 13.1. The fourth-order valence-corrected chi connectivity index (χ4v) is 4.69. The number of aromatic nitrogens is 2. The molecule has 0 aliphatic carbocycles. The zero-order valence-electron chi connectivity index (χ0n) is 21.1. The van der Waals surface area contributed by atoms with Crippen molar-refractivity contribution in [1.82, 2.24) is 9.66 Å². The van der Waals surface area contributed by atoms with Gasteiger partial charge < -0.3 is 14.2 Å². The van der Waals surface area contributed by atoms with Crippen LogP contribution in [0.4, 0.5) is 13.2 Å². The topological polar surface area (TPSA) is 74.9 Å². The van der Waals surface area contributed by atoms with E-state index in [2.05, 4.69) is 26.0 Å². The van der Waals surface area contributed by atoms with Crippen LogP contribution >= 0.6 is 15.9 Å². The van der Waals surface area contributed by atoms with Crippen molar-refractivity contribution in [2.75, 3.05) is 6.79 Å². The number of ether oxygens (including phenoxy) is 3.